The van der Waals surface area contributed by atoms with Crippen LogP contribution in [-0.2, 0) is 15.1 Å². The van der Waals surface area contributed by atoms with Crippen molar-refractivity contribution < 1.29 is 28.4 Å². The molecule has 4 amide bonds. The lowest BCUT2D eigenvalue weighted by Crippen LogP contribution is -2.42. The van der Waals surface area contributed by atoms with Crippen molar-refractivity contribution in [3.8, 4) is 11.5 Å². The number of urea groups is 1. The predicted molar refractivity (Wildman–Crippen MR) is 94.9 cm³/mol. The number of ether oxygens (including phenoxy) is 2. The zero-order valence-corrected chi connectivity index (χ0v) is 15.3. The van der Waals surface area contributed by atoms with Gasteiger partial charge in [-0.3, -0.25) is 14.5 Å². The number of anilines is 1. The van der Waals surface area contributed by atoms with Gasteiger partial charge in [0.1, 0.15) is 31.1 Å². The van der Waals surface area contributed by atoms with Crippen molar-refractivity contribution in [3.63, 3.8) is 0 Å². The standard InChI is InChI=1S/C18H18N4O6/c1-10-7-14(21-28-10)19-15(23)9-22-16(24)18(2,20-17(22)25)11-3-4-12-13(8-11)27-6-5-26-12/h3-4,7-8H,5-6,9H2,1-2H3,(H,20,25)(H,19,21,23)/t18-/m0/s1. The van der Waals surface area contributed by atoms with E-state index >= 15 is 0 Å². The number of benzene rings is 1. The van der Waals surface area contributed by atoms with Gasteiger partial charge in [0.2, 0.25) is 5.91 Å². The SMILES string of the molecule is Cc1cc(NC(=O)CN2C(=O)N[C@@](C)(c3ccc4c(c3)OCCO4)C2=O)no1. The second-order valence-electron chi connectivity index (χ2n) is 6.68. The summed E-state index contributed by atoms with van der Waals surface area (Å²) in [5.41, 5.74) is -0.789. The quantitative estimate of drug-likeness (QED) is 0.756. The van der Waals surface area contributed by atoms with Crippen molar-refractivity contribution in [1.29, 1.82) is 0 Å². The van der Waals surface area contributed by atoms with Gasteiger partial charge in [0.05, 0.1) is 0 Å². The van der Waals surface area contributed by atoms with Gasteiger partial charge in [0, 0.05) is 6.07 Å². The molecule has 0 aliphatic carbocycles. The lowest BCUT2D eigenvalue weighted by Gasteiger charge is -2.25. The van der Waals surface area contributed by atoms with Crippen LogP contribution < -0.4 is 20.1 Å². The van der Waals surface area contributed by atoms with Crippen molar-refractivity contribution in [1.82, 2.24) is 15.4 Å². The van der Waals surface area contributed by atoms with Crippen LogP contribution in [0.5, 0.6) is 11.5 Å². The fourth-order valence-corrected chi connectivity index (χ4v) is 3.14. The summed E-state index contributed by atoms with van der Waals surface area (Å²) in [6.07, 6.45) is 0. The van der Waals surface area contributed by atoms with Crippen molar-refractivity contribution in [2.75, 3.05) is 25.1 Å². The maximum atomic E-state index is 13.0. The van der Waals surface area contributed by atoms with E-state index in [4.69, 9.17) is 14.0 Å². The Bertz CT molecular complexity index is 971. The van der Waals surface area contributed by atoms with Gasteiger partial charge in [0.15, 0.2) is 17.3 Å². The number of aromatic nitrogens is 1. The molecule has 28 heavy (non-hydrogen) atoms. The molecule has 0 radical (unpaired) electrons. The lowest BCUT2D eigenvalue weighted by molar-refractivity contribution is -0.133. The molecule has 1 saturated heterocycles. The van der Waals surface area contributed by atoms with E-state index in [9.17, 15) is 14.4 Å². The number of aryl methyl sites for hydroxylation is 1. The molecule has 10 nitrogen and oxygen atoms in total. The van der Waals surface area contributed by atoms with Gasteiger partial charge in [-0.2, -0.15) is 0 Å². The smallest absolute Gasteiger partial charge is 0.325 e. The molecule has 2 aliphatic heterocycles. The van der Waals surface area contributed by atoms with Gasteiger partial charge >= 0.3 is 6.03 Å². The molecular formula is C18H18N4O6. The molecule has 2 N–H and O–H groups in total. The van der Waals surface area contributed by atoms with Gasteiger partial charge < -0.3 is 24.6 Å². The number of hydrogen-bond acceptors (Lipinski definition) is 7. The molecule has 0 spiro atoms. The maximum Gasteiger partial charge on any atom is 0.325 e. The summed E-state index contributed by atoms with van der Waals surface area (Å²) < 4.78 is 15.9. The third-order valence-corrected chi connectivity index (χ3v) is 4.59. The Morgan fingerprint density at radius 3 is 2.71 bits per heavy atom. The molecular weight excluding hydrogens is 368 g/mol. The number of nitrogens with zero attached hydrogens (tertiary/aromatic N) is 2. The van der Waals surface area contributed by atoms with E-state index in [0.717, 1.165) is 4.90 Å². The average Bonchev–Trinajstić information content (AvgIpc) is 3.17. The summed E-state index contributed by atoms with van der Waals surface area (Å²) in [5, 5.41) is 8.79. The number of fused-ring (bicyclic) bond motifs is 1. The number of carbonyl (C=O) groups is 3. The van der Waals surface area contributed by atoms with Crippen LogP contribution in [0.4, 0.5) is 10.6 Å². The van der Waals surface area contributed by atoms with E-state index in [-0.39, 0.29) is 5.82 Å². The normalized spacial score (nSPS) is 20.9. The monoisotopic (exact) mass is 386 g/mol. The summed E-state index contributed by atoms with van der Waals surface area (Å²) in [5.74, 6) is 0.712. The van der Waals surface area contributed by atoms with Crippen LogP contribution in [0.15, 0.2) is 28.8 Å². The molecule has 1 aromatic carbocycles. The minimum Gasteiger partial charge on any atom is -0.486 e. The zero-order chi connectivity index (χ0) is 19.9. The number of carbonyl (C=O) groups excluding carboxylic acids is 3. The van der Waals surface area contributed by atoms with Crippen molar-refractivity contribution in [2.45, 2.75) is 19.4 Å². The molecule has 1 aromatic heterocycles. The van der Waals surface area contributed by atoms with Gasteiger partial charge in [-0.05, 0) is 31.5 Å². The Hall–Kier alpha value is -3.56. The van der Waals surface area contributed by atoms with Crippen LogP contribution in [0, 0.1) is 6.92 Å². The highest BCUT2D eigenvalue weighted by Gasteiger charge is 2.49. The van der Waals surface area contributed by atoms with Crippen molar-refractivity contribution in [3.05, 3.63) is 35.6 Å². The van der Waals surface area contributed by atoms with Gasteiger partial charge in [-0.25, -0.2) is 4.79 Å². The van der Waals surface area contributed by atoms with Crippen LogP contribution in [0.3, 0.4) is 0 Å². The minimum absolute atomic E-state index is 0.212. The molecule has 3 heterocycles. The Morgan fingerprint density at radius 2 is 2.00 bits per heavy atom. The lowest BCUT2D eigenvalue weighted by atomic mass is 9.91. The molecule has 10 heteroatoms. The predicted octanol–water partition coefficient (Wildman–Crippen LogP) is 1.16. The molecule has 146 valence electrons. The Morgan fingerprint density at radius 1 is 1.25 bits per heavy atom. The molecule has 2 aliphatic rings. The third kappa shape index (κ3) is 3.02. The Balaban J connectivity index is 1.52. The van der Waals surface area contributed by atoms with Gasteiger partial charge in [-0.15, -0.1) is 0 Å². The zero-order valence-electron chi connectivity index (χ0n) is 15.3. The molecule has 4 rings (SSSR count). The highest BCUT2D eigenvalue weighted by molar-refractivity contribution is 6.10. The fourth-order valence-electron chi connectivity index (χ4n) is 3.14. The van der Waals surface area contributed by atoms with E-state index in [1.165, 1.54) is 6.07 Å². The average molecular weight is 386 g/mol. The summed E-state index contributed by atoms with van der Waals surface area (Å²) >= 11 is 0. The summed E-state index contributed by atoms with van der Waals surface area (Å²) in [6, 6.07) is 5.91. The van der Waals surface area contributed by atoms with Gasteiger partial charge in [-0.1, -0.05) is 11.2 Å². The van der Waals surface area contributed by atoms with E-state index in [1.54, 1.807) is 32.0 Å². The first-order valence-corrected chi connectivity index (χ1v) is 8.64. The van der Waals surface area contributed by atoms with Crippen molar-refractivity contribution >= 4 is 23.7 Å². The largest absolute Gasteiger partial charge is 0.486 e. The van der Waals surface area contributed by atoms with E-state index in [1.807, 2.05) is 0 Å². The highest BCUT2D eigenvalue weighted by Crippen LogP contribution is 2.36. The molecule has 0 unspecified atom stereocenters. The van der Waals surface area contributed by atoms with Crippen molar-refractivity contribution in [2.24, 2.45) is 0 Å². The molecule has 0 saturated carbocycles. The molecule has 0 bridgehead atoms. The number of amides is 4. The maximum absolute atomic E-state index is 13.0. The van der Waals surface area contributed by atoms with E-state index in [2.05, 4.69) is 15.8 Å². The van der Waals surface area contributed by atoms with Crippen LogP contribution in [0.25, 0.3) is 0 Å². The van der Waals surface area contributed by atoms with E-state index in [0.29, 0.717) is 36.0 Å². The molecule has 2 aromatic rings. The summed E-state index contributed by atoms with van der Waals surface area (Å²) in [7, 11) is 0. The Labute approximate surface area is 159 Å². The first-order valence-electron chi connectivity index (χ1n) is 8.64. The second-order valence-corrected chi connectivity index (χ2v) is 6.68. The summed E-state index contributed by atoms with van der Waals surface area (Å²) in [4.78, 5) is 38.4. The topological polar surface area (TPSA) is 123 Å². The fraction of sp³-hybridized carbons (Fsp3) is 0.333. The van der Waals surface area contributed by atoms with Crippen LogP contribution in [0.2, 0.25) is 0 Å². The summed E-state index contributed by atoms with van der Waals surface area (Å²) in [6.45, 7) is 3.67. The first-order chi connectivity index (χ1) is 13.4. The minimum atomic E-state index is -1.32. The van der Waals surface area contributed by atoms with Crippen LogP contribution in [-0.4, -0.2) is 47.7 Å². The molecule has 1 fully saturated rings. The first kappa shape index (κ1) is 17.8. The number of imide groups is 1. The number of hydrogen-bond donors (Lipinski definition) is 2. The second kappa shape index (κ2) is 6.55. The van der Waals surface area contributed by atoms with E-state index < -0.39 is 29.9 Å². The van der Waals surface area contributed by atoms with Crippen LogP contribution in [0.1, 0.15) is 18.2 Å². The Kier molecular flexibility index (Phi) is 4.17. The highest BCUT2D eigenvalue weighted by atomic mass is 16.6. The third-order valence-electron chi connectivity index (χ3n) is 4.59. The number of nitrogens with one attached hydrogen (secondary N) is 2. The molecule has 1 atom stereocenters. The van der Waals surface area contributed by atoms with Crippen LogP contribution >= 0.6 is 0 Å². The number of rotatable bonds is 4. The van der Waals surface area contributed by atoms with Gasteiger partial charge in [0.25, 0.3) is 5.91 Å².